The summed E-state index contributed by atoms with van der Waals surface area (Å²) < 4.78 is 6.15. The second-order valence-electron chi connectivity index (χ2n) is 5.88. The number of esters is 1. The number of benzene rings is 2. The number of carbonyl (C=O) groups excluding carboxylic acids is 2. The van der Waals surface area contributed by atoms with Crippen molar-refractivity contribution in [2.24, 2.45) is 0 Å². The predicted molar refractivity (Wildman–Crippen MR) is 102 cm³/mol. The lowest BCUT2D eigenvalue weighted by Gasteiger charge is -2.16. The highest BCUT2D eigenvalue weighted by Gasteiger charge is 2.24. The van der Waals surface area contributed by atoms with Crippen molar-refractivity contribution in [3.05, 3.63) is 65.2 Å². The molecule has 0 saturated carbocycles. The number of hydrogen-bond donors (Lipinski definition) is 0. The zero-order valence-corrected chi connectivity index (χ0v) is 14.7. The van der Waals surface area contributed by atoms with Crippen molar-refractivity contribution in [2.75, 3.05) is 18.1 Å². The van der Waals surface area contributed by atoms with Crippen molar-refractivity contribution in [1.29, 1.82) is 0 Å². The maximum absolute atomic E-state index is 12.3. The van der Waals surface area contributed by atoms with Gasteiger partial charge in [0.2, 0.25) is 0 Å². The minimum Gasteiger partial charge on any atom is -0.452 e. The summed E-state index contributed by atoms with van der Waals surface area (Å²) in [4.78, 5) is 30.3. The van der Waals surface area contributed by atoms with Gasteiger partial charge in [0.1, 0.15) is 5.01 Å². The van der Waals surface area contributed by atoms with Crippen LogP contribution in [0.5, 0.6) is 0 Å². The number of anilines is 1. The van der Waals surface area contributed by atoms with E-state index in [1.54, 1.807) is 11.0 Å². The van der Waals surface area contributed by atoms with E-state index in [1.807, 2.05) is 48.5 Å². The molecule has 0 spiro atoms. The quantitative estimate of drug-likeness (QED) is 0.526. The first-order valence-electron chi connectivity index (χ1n) is 8.29. The van der Waals surface area contributed by atoms with Crippen molar-refractivity contribution >= 4 is 45.2 Å². The van der Waals surface area contributed by atoms with Gasteiger partial charge in [-0.3, -0.25) is 4.79 Å². The smallest absolute Gasteiger partial charge is 0.331 e. The SMILES string of the molecule is O=C(/C=C/c1nc2ccccc2s1)OCC(=O)N1CCc2ccccc21. The Morgan fingerprint density at radius 1 is 1.15 bits per heavy atom. The van der Waals surface area contributed by atoms with Crippen LogP contribution < -0.4 is 4.90 Å². The van der Waals surface area contributed by atoms with Gasteiger partial charge in [-0.1, -0.05) is 30.3 Å². The summed E-state index contributed by atoms with van der Waals surface area (Å²) in [5.74, 6) is -0.762. The lowest BCUT2D eigenvalue weighted by atomic mass is 10.2. The number of carbonyl (C=O) groups is 2. The fraction of sp³-hybridized carbons (Fsp3) is 0.150. The molecule has 0 N–H and O–H groups in total. The normalized spacial score (nSPS) is 13.3. The van der Waals surface area contributed by atoms with Crippen LogP contribution in [0.15, 0.2) is 54.6 Å². The molecule has 3 aromatic rings. The maximum Gasteiger partial charge on any atom is 0.331 e. The Bertz CT molecular complexity index is 976. The monoisotopic (exact) mass is 364 g/mol. The van der Waals surface area contributed by atoms with Crippen LogP contribution in [0, 0.1) is 0 Å². The molecule has 0 saturated heterocycles. The number of fused-ring (bicyclic) bond motifs is 2. The fourth-order valence-electron chi connectivity index (χ4n) is 2.96. The molecule has 5 nitrogen and oxygen atoms in total. The maximum atomic E-state index is 12.3. The summed E-state index contributed by atoms with van der Waals surface area (Å²) in [5.41, 5.74) is 2.94. The predicted octanol–water partition coefficient (Wildman–Crippen LogP) is 3.44. The average molecular weight is 364 g/mol. The number of nitrogens with zero attached hydrogens (tertiary/aromatic N) is 2. The first kappa shape index (κ1) is 16.5. The number of thiazole rings is 1. The summed E-state index contributed by atoms with van der Waals surface area (Å²) in [6.45, 7) is 0.356. The second-order valence-corrected chi connectivity index (χ2v) is 6.95. The van der Waals surface area contributed by atoms with Gasteiger partial charge in [0.25, 0.3) is 5.91 Å². The molecule has 2 heterocycles. The lowest BCUT2D eigenvalue weighted by molar-refractivity contribution is -0.142. The highest BCUT2D eigenvalue weighted by atomic mass is 32.1. The van der Waals surface area contributed by atoms with E-state index in [-0.39, 0.29) is 12.5 Å². The van der Waals surface area contributed by atoms with Crippen molar-refractivity contribution in [1.82, 2.24) is 4.98 Å². The van der Waals surface area contributed by atoms with Crippen LogP contribution in [0.1, 0.15) is 10.6 Å². The van der Waals surface area contributed by atoms with Crippen molar-refractivity contribution < 1.29 is 14.3 Å². The molecule has 0 aliphatic carbocycles. The Morgan fingerprint density at radius 2 is 1.96 bits per heavy atom. The first-order chi connectivity index (χ1) is 12.7. The molecule has 1 aliphatic heterocycles. The zero-order valence-electron chi connectivity index (χ0n) is 13.9. The van der Waals surface area contributed by atoms with E-state index in [0.717, 1.165) is 32.9 Å². The number of amides is 1. The summed E-state index contributed by atoms with van der Waals surface area (Å²) in [7, 11) is 0. The Balaban J connectivity index is 1.34. The fourth-order valence-corrected chi connectivity index (χ4v) is 3.83. The van der Waals surface area contributed by atoms with E-state index < -0.39 is 5.97 Å². The highest BCUT2D eigenvalue weighted by Crippen LogP contribution is 2.27. The van der Waals surface area contributed by atoms with Gasteiger partial charge in [-0.15, -0.1) is 11.3 Å². The van der Waals surface area contributed by atoms with Gasteiger partial charge in [0.05, 0.1) is 10.2 Å². The molecule has 1 amide bonds. The molecule has 1 aromatic heterocycles. The second kappa shape index (κ2) is 7.09. The molecule has 2 aromatic carbocycles. The van der Waals surface area contributed by atoms with Gasteiger partial charge in [-0.25, -0.2) is 9.78 Å². The summed E-state index contributed by atoms with van der Waals surface area (Å²) in [6.07, 6.45) is 3.75. The van der Waals surface area contributed by atoms with Crippen LogP contribution >= 0.6 is 11.3 Å². The Hall–Kier alpha value is -2.99. The van der Waals surface area contributed by atoms with Crippen LogP contribution in [0.25, 0.3) is 16.3 Å². The minimum absolute atomic E-state index is 0.211. The van der Waals surface area contributed by atoms with Gasteiger partial charge in [-0.2, -0.15) is 0 Å². The Morgan fingerprint density at radius 3 is 2.85 bits per heavy atom. The van der Waals surface area contributed by atoms with E-state index in [2.05, 4.69) is 4.98 Å². The third-order valence-corrected chi connectivity index (χ3v) is 5.20. The van der Waals surface area contributed by atoms with Crippen LogP contribution in [0.2, 0.25) is 0 Å². The molecule has 0 unspecified atom stereocenters. The molecular weight excluding hydrogens is 348 g/mol. The van der Waals surface area contributed by atoms with Gasteiger partial charge >= 0.3 is 5.97 Å². The molecule has 4 rings (SSSR count). The number of aromatic nitrogens is 1. The summed E-state index contributed by atoms with van der Waals surface area (Å²) >= 11 is 1.50. The molecule has 0 radical (unpaired) electrons. The molecule has 26 heavy (non-hydrogen) atoms. The Kier molecular flexibility index (Phi) is 4.50. The first-order valence-corrected chi connectivity index (χ1v) is 9.11. The van der Waals surface area contributed by atoms with Crippen LogP contribution in [-0.2, 0) is 20.7 Å². The molecule has 6 heteroatoms. The molecule has 0 atom stereocenters. The van der Waals surface area contributed by atoms with E-state index in [0.29, 0.717) is 6.54 Å². The van der Waals surface area contributed by atoms with E-state index in [9.17, 15) is 9.59 Å². The number of rotatable bonds is 4. The summed E-state index contributed by atoms with van der Waals surface area (Å²) in [5, 5.41) is 0.725. The third-order valence-electron chi connectivity index (χ3n) is 4.20. The van der Waals surface area contributed by atoms with Crippen molar-refractivity contribution in [3.8, 4) is 0 Å². The van der Waals surface area contributed by atoms with Crippen molar-refractivity contribution in [2.45, 2.75) is 6.42 Å². The van der Waals surface area contributed by atoms with Gasteiger partial charge in [0.15, 0.2) is 6.61 Å². The molecule has 0 fully saturated rings. The van der Waals surface area contributed by atoms with Crippen molar-refractivity contribution in [3.63, 3.8) is 0 Å². The third kappa shape index (κ3) is 3.36. The van der Waals surface area contributed by atoms with E-state index >= 15 is 0 Å². The standard InChI is InChI=1S/C20H16N2O3S/c23-19(22-12-11-14-5-1-3-7-16(14)22)13-25-20(24)10-9-18-21-15-6-2-4-8-17(15)26-18/h1-10H,11-13H2/b10-9+. The zero-order chi connectivity index (χ0) is 17.9. The molecular formula is C20H16N2O3S. The largest absolute Gasteiger partial charge is 0.452 e. The van der Waals surface area contributed by atoms with Crippen LogP contribution in [-0.4, -0.2) is 30.0 Å². The lowest BCUT2D eigenvalue weighted by Crippen LogP contribution is -2.33. The topological polar surface area (TPSA) is 59.5 Å². The van der Waals surface area contributed by atoms with Gasteiger partial charge < -0.3 is 9.64 Å². The number of ether oxygens (including phenoxy) is 1. The number of hydrogen-bond acceptors (Lipinski definition) is 5. The molecule has 1 aliphatic rings. The van der Waals surface area contributed by atoms with Crippen LogP contribution in [0.4, 0.5) is 5.69 Å². The Labute approximate surface area is 154 Å². The highest BCUT2D eigenvalue weighted by molar-refractivity contribution is 7.19. The molecule has 130 valence electrons. The molecule has 0 bridgehead atoms. The average Bonchev–Trinajstić information content (AvgIpc) is 3.28. The number of para-hydroxylation sites is 2. The summed E-state index contributed by atoms with van der Waals surface area (Å²) in [6, 6.07) is 15.6. The van der Waals surface area contributed by atoms with Crippen LogP contribution in [0.3, 0.4) is 0 Å². The minimum atomic E-state index is -0.551. The van der Waals surface area contributed by atoms with Gasteiger partial charge in [0, 0.05) is 18.3 Å². The van der Waals surface area contributed by atoms with E-state index in [1.165, 1.54) is 17.4 Å². The van der Waals surface area contributed by atoms with Gasteiger partial charge in [-0.05, 0) is 36.3 Å². The van der Waals surface area contributed by atoms with E-state index in [4.69, 9.17) is 4.74 Å².